The van der Waals surface area contributed by atoms with E-state index in [0.29, 0.717) is 31.7 Å². The molecule has 3 aromatic rings. The van der Waals surface area contributed by atoms with Crippen LogP contribution in [0.25, 0.3) is 11.1 Å². The average Bonchev–Trinajstić information content (AvgIpc) is 3.07. The second-order valence-corrected chi connectivity index (χ2v) is 10.9. The van der Waals surface area contributed by atoms with Crippen LogP contribution >= 0.6 is 0 Å². The van der Waals surface area contributed by atoms with Gasteiger partial charge in [0.25, 0.3) is 0 Å². The Morgan fingerprint density at radius 3 is 2.26 bits per heavy atom. The van der Waals surface area contributed by atoms with Crippen molar-refractivity contribution in [1.82, 2.24) is 10.6 Å². The number of nitrogens with one attached hydrogen (secondary N) is 2. The number of phenols is 1. The molecule has 1 heterocycles. The standard InChI is InChI=1S/C38H40N2O6/c1-3-34(29-11-7-6-8-12-29)37(30-13-17-32(41)18-14-30)31-15-19-33(20-16-31)44-24-9-4-5-10-25-45-46-26-23-28(2)27-39-35-21-22-36(42)40-38(35)43/h6-8,11-20,28,35,39,41H,3,21-27H2,1-2H3,(H,40,42,43)/b37-34-. The highest BCUT2D eigenvalue weighted by molar-refractivity contribution is 6.00. The summed E-state index contributed by atoms with van der Waals surface area (Å²) >= 11 is 0. The van der Waals surface area contributed by atoms with E-state index in [1.165, 1.54) is 5.57 Å². The van der Waals surface area contributed by atoms with E-state index in [-0.39, 0.29) is 42.7 Å². The molecule has 2 amide bonds. The molecule has 1 fully saturated rings. The molecule has 3 aromatic carbocycles. The monoisotopic (exact) mass is 620 g/mol. The molecule has 0 saturated carbocycles. The Morgan fingerprint density at radius 1 is 0.913 bits per heavy atom. The summed E-state index contributed by atoms with van der Waals surface area (Å²) in [5, 5.41) is 15.4. The molecule has 1 saturated heterocycles. The topological polar surface area (TPSA) is 106 Å². The van der Waals surface area contributed by atoms with E-state index in [1.54, 1.807) is 12.1 Å². The molecule has 1 aliphatic heterocycles. The van der Waals surface area contributed by atoms with Gasteiger partial charge in [0, 0.05) is 6.42 Å². The zero-order valence-electron chi connectivity index (χ0n) is 26.3. The molecule has 2 unspecified atom stereocenters. The van der Waals surface area contributed by atoms with Gasteiger partial charge in [0.1, 0.15) is 24.7 Å². The largest absolute Gasteiger partial charge is 0.508 e. The van der Waals surface area contributed by atoms with Crippen molar-refractivity contribution in [3.8, 4) is 35.2 Å². The van der Waals surface area contributed by atoms with Gasteiger partial charge in [-0.15, -0.1) is 0 Å². The number of aromatic hydroxyl groups is 1. The highest BCUT2D eigenvalue weighted by atomic mass is 17.2. The van der Waals surface area contributed by atoms with Crippen LogP contribution in [0.5, 0.6) is 11.5 Å². The molecule has 238 valence electrons. The number of hydrogen-bond acceptors (Lipinski definition) is 7. The van der Waals surface area contributed by atoms with Gasteiger partial charge in [-0.3, -0.25) is 14.9 Å². The number of rotatable bonds is 14. The maximum Gasteiger partial charge on any atom is 0.243 e. The van der Waals surface area contributed by atoms with Crippen LogP contribution in [0.1, 0.15) is 56.2 Å². The zero-order valence-corrected chi connectivity index (χ0v) is 26.3. The first-order valence-electron chi connectivity index (χ1n) is 15.5. The van der Waals surface area contributed by atoms with Crippen molar-refractivity contribution in [2.75, 3.05) is 26.4 Å². The predicted octanol–water partition coefficient (Wildman–Crippen LogP) is 5.52. The second kappa shape index (κ2) is 18.2. The van der Waals surface area contributed by atoms with E-state index in [4.69, 9.17) is 14.5 Å². The van der Waals surface area contributed by atoms with Crippen molar-refractivity contribution < 1.29 is 29.2 Å². The predicted molar refractivity (Wildman–Crippen MR) is 178 cm³/mol. The molecule has 8 nitrogen and oxygen atoms in total. The van der Waals surface area contributed by atoms with Crippen LogP contribution < -0.4 is 15.4 Å². The van der Waals surface area contributed by atoms with Crippen LogP contribution in [0.4, 0.5) is 0 Å². The third-order valence-electron chi connectivity index (χ3n) is 7.49. The second-order valence-electron chi connectivity index (χ2n) is 10.9. The lowest BCUT2D eigenvalue weighted by atomic mass is 9.88. The van der Waals surface area contributed by atoms with Crippen LogP contribution in [0, 0.1) is 29.6 Å². The summed E-state index contributed by atoms with van der Waals surface area (Å²) in [6.45, 7) is 5.53. The molecule has 8 heteroatoms. The smallest absolute Gasteiger partial charge is 0.243 e. The van der Waals surface area contributed by atoms with Gasteiger partial charge >= 0.3 is 0 Å². The lowest BCUT2D eigenvalue weighted by Gasteiger charge is -2.23. The van der Waals surface area contributed by atoms with E-state index in [1.807, 2.05) is 61.5 Å². The van der Waals surface area contributed by atoms with Crippen molar-refractivity contribution in [1.29, 1.82) is 0 Å². The molecular formula is C38H40N2O6. The van der Waals surface area contributed by atoms with Crippen molar-refractivity contribution in [3.63, 3.8) is 0 Å². The van der Waals surface area contributed by atoms with Gasteiger partial charge in [-0.2, -0.15) is 0 Å². The minimum absolute atomic E-state index is 0.0967. The Hall–Kier alpha value is -4.86. The van der Waals surface area contributed by atoms with Gasteiger partial charge in [-0.05, 0) is 102 Å². The molecule has 3 N–H and O–H groups in total. The number of carbonyl (C=O) groups is 2. The first-order valence-corrected chi connectivity index (χ1v) is 15.5. The molecular weight excluding hydrogens is 580 g/mol. The van der Waals surface area contributed by atoms with E-state index >= 15 is 0 Å². The molecule has 2 atom stereocenters. The van der Waals surface area contributed by atoms with Crippen LogP contribution in [-0.4, -0.2) is 49.3 Å². The summed E-state index contributed by atoms with van der Waals surface area (Å²) in [5.74, 6) is 11.9. The fourth-order valence-corrected chi connectivity index (χ4v) is 5.02. The normalized spacial score (nSPS) is 15.4. The molecule has 1 aliphatic rings. The van der Waals surface area contributed by atoms with Gasteiger partial charge in [0.05, 0.1) is 12.6 Å². The third kappa shape index (κ3) is 10.6. The lowest BCUT2D eigenvalue weighted by molar-refractivity contribution is -0.286. The average molecular weight is 621 g/mol. The SMILES string of the molecule is CC/C(=C(\c1ccc(O)cc1)c1ccc(OCC#CC#CCOOCCC(C)CNC2CCC(=O)NC2=O)cc1)c1ccccc1. The van der Waals surface area contributed by atoms with Gasteiger partial charge in [-0.25, -0.2) is 9.78 Å². The van der Waals surface area contributed by atoms with E-state index < -0.39 is 0 Å². The molecule has 0 radical (unpaired) electrons. The fraction of sp³-hybridized carbons (Fsp3) is 0.316. The number of amides is 2. The summed E-state index contributed by atoms with van der Waals surface area (Å²) < 4.78 is 5.80. The van der Waals surface area contributed by atoms with E-state index in [9.17, 15) is 14.7 Å². The Labute approximate surface area is 271 Å². The molecule has 0 spiro atoms. The molecule has 4 rings (SSSR count). The van der Waals surface area contributed by atoms with Crippen LogP contribution in [-0.2, 0) is 19.4 Å². The lowest BCUT2D eigenvalue weighted by Crippen LogP contribution is -2.51. The highest BCUT2D eigenvalue weighted by Gasteiger charge is 2.26. The van der Waals surface area contributed by atoms with Crippen LogP contribution in [0.2, 0.25) is 0 Å². The Morgan fingerprint density at radius 2 is 1.59 bits per heavy atom. The summed E-state index contributed by atoms with van der Waals surface area (Å²) in [5.41, 5.74) is 5.56. The van der Waals surface area contributed by atoms with Crippen molar-refractivity contribution >= 4 is 23.0 Å². The molecule has 0 bridgehead atoms. The highest BCUT2D eigenvalue weighted by Crippen LogP contribution is 2.35. The van der Waals surface area contributed by atoms with Crippen molar-refractivity contribution in [2.45, 2.75) is 45.6 Å². The van der Waals surface area contributed by atoms with Crippen LogP contribution in [0.3, 0.4) is 0 Å². The summed E-state index contributed by atoms with van der Waals surface area (Å²) in [6.07, 6.45) is 2.47. The van der Waals surface area contributed by atoms with E-state index in [2.05, 4.69) is 53.4 Å². The third-order valence-corrected chi connectivity index (χ3v) is 7.49. The number of carbonyl (C=O) groups excluding carboxylic acids is 2. The zero-order chi connectivity index (χ0) is 32.6. The maximum absolute atomic E-state index is 11.8. The number of allylic oxidation sites excluding steroid dienone is 1. The summed E-state index contributed by atoms with van der Waals surface area (Å²) in [4.78, 5) is 33.3. The van der Waals surface area contributed by atoms with Gasteiger partial charge in [0.15, 0.2) is 0 Å². The maximum atomic E-state index is 11.8. The first-order chi connectivity index (χ1) is 22.4. The summed E-state index contributed by atoms with van der Waals surface area (Å²) in [6, 6.07) is 25.2. The summed E-state index contributed by atoms with van der Waals surface area (Å²) in [7, 11) is 0. The number of imide groups is 1. The Bertz CT molecular complexity index is 1590. The Balaban J connectivity index is 1.19. The van der Waals surface area contributed by atoms with E-state index in [0.717, 1.165) is 35.1 Å². The number of piperidine rings is 1. The number of benzene rings is 3. The first kappa shape index (κ1) is 34.0. The van der Waals surface area contributed by atoms with Crippen molar-refractivity contribution in [2.24, 2.45) is 5.92 Å². The molecule has 0 aromatic heterocycles. The van der Waals surface area contributed by atoms with Crippen LogP contribution in [0.15, 0.2) is 78.9 Å². The Kier molecular flexibility index (Phi) is 13.5. The van der Waals surface area contributed by atoms with Gasteiger partial charge < -0.3 is 15.2 Å². The quantitative estimate of drug-likeness (QED) is 0.0545. The minimum Gasteiger partial charge on any atom is -0.508 e. The van der Waals surface area contributed by atoms with Gasteiger partial charge in [-0.1, -0.05) is 74.4 Å². The molecule has 0 aliphatic carbocycles. The number of phenolic OH excluding ortho intramolecular Hbond substituents is 1. The molecule has 46 heavy (non-hydrogen) atoms. The van der Waals surface area contributed by atoms with Gasteiger partial charge in [0.2, 0.25) is 11.8 Å². The number of hydrogen-bond donors (Lipinski definition) is 3. The number of ether oxygens (including phenoxy) is 1. The minimum atomic E-state index is -0.327. The fourth-order valence-electron chi connectivity index (χ4n) is 5.02. The van der Waals surface area contributed by atoms with Crippen molar-refractivity contribution in [3.05, 3.63) is 95.6 Å².